The van der Waals surface area contributed by atoms with Crippen LogP contribution in [0.15, 0.2) is 79.1 Å². The van der Waals surface area contributed by atoms with Gasteiger partial charge in [0.2, 0.25) is 0 Å². The highest BCUT2D eigenvalue weighted by Gasteiger charge is 2.19. The third kappa shape index (κ3) is 2.85. The minimum atomic E-state index is 0.574. The average molecular weight is 380 g/mol. The first-order chi connectivity index (χ1) is 14.1. The Morgan fingerprint density at radius 3 is 2.41 bits per heavy atom. The Hall–Kier alpha value is -3.33. The third-order valence-electron chi connectivity index (χ3n) is 5.67. The Labute approximate surface area is 171 Å². The Balaban J connectivity index is 1.89. The second kappa shape index (κ2) is 6.93. The Bertz CT molecular complexity index is 1310. The second-order valence-electron chi connectivity index (χ2n) is 8.13. The monoisotopic (exact) mass is 379 g/mol. The fourth-order valence-electron chi connectivity index (χ4n) is 4.45. The molecular formula is C26H25N3. The molecule has 0 aliphatic heterocycles. The highest BCUT2D eigenvalue weighted by Crippen LogP contribution is 2.36. The molecule has 5 aromatic rings. The lowest BCUT2D eigenvalue weighted by Crippen LogP contribution is -2.06. The fourth-order valence-corrected chi connectivity index (χ4v) is 4.45. The van der Waals surface area contributed by atoms with Gasteiger partial charge in [-0.25, -0.2) is 4.98 Å². The van der Waals surface area contributed by atoms with Gasteiger partial charge >= 0.3 is 0 Å². The first-order valence-corrected chi connectivity index (χ1v) is 10.2. The smallest absolute Gasteiger partial charge is 0.144 e. The first-order valence-electron chi connectivity index (χ1n) is 10.2. The van der Waals surface area contributed by atoms with E-state index >= 15 is 0 Å². The lowest BCUT2D eigenvalue weighted by atomic mass is 9.98. The van der Waals surface area contributed by atoms with Crippen LogP contribution in [0.3, 0.4) is 0 Å². The molecule has 0 spiro atoms. The standard InChI is InChI=1S/C26H25N3/c1-18(2)17-20-13-14-22-21-11-7-8-12-23(21)28(3)25(22)24(20)29-16-15-27-26(29)19-9-5-4-6-10-19/h4-16,18H,17H2,1-3H3. The van der Waals surface area contributed by atoms with Crippen LogP contribution in [0.25, 0.3) is 38.9 Å². The molecule has 0 aliphatic rings. The lowest BCUT2D eigenvalue weighted by molar-refractivity contribution is 0.645. The van der Waals surface area contributed by atoms with Crippen LogP contribution < -0.4 is 0 Å². The maximum atomic E-state index is 4.73. The van der Waals surface area contributed by atoms with Crippen LogP contribution in [0.4, 0.5) is 0 Å². The molecule has 0 N–H and O–H groups in total. The van der Waals surface area contributed by atoms with Crippen LogP contribution in [0.1, 0.15) is 19.4 Å². The number of hydrogen-bond donors (Lipinski definition) is 0. The van der Waals surface area contributed by atoms with Gasteiger partial charge in [-0.3, -0.25) is 4.57 Å². The highest BCUT2D eigenvalue weighted by molar-refractivity contribution is 6.11. The summed E-state index contributed by atoms with van der Waals surface area (Å²) in [5.74, 6) is 1.55. The lowest BCUT2D eigenvalue weighted by Gasteiger charge is -2.17. The molecule has 0 aliphatic carbocycles. The molecule has 0 radical (unpaired) electrons. The summed E-state index contributed by atoms with van der Waals surface area (Å²) in [7, 11) is 2.17. The van der Waals surface area contributed by atoms with E-state index in [-0.39, 0.29) is 0 Å². The van der Waals surface area contributed by atoms with Gasteiger partial charge in [-0.05, 0) is 24.0 Å². The van der Waals surface area contributed by atoms with Gasteiger partial charge in [0.25, 0.3) is 0 Å². The minimum Gasteiger partial charge on any atom is -0.342 e. The Morgan fingerprint density at radius 1 is 0.862 bits per heavy atom. The van der Waals surface area contributed by atoms with Crippen molar-refractivity contribution in [3.8, 4) is 17.1 Å². The van der Waals surface area contributed by atoms with E-state index < -0.39 is 0 Å². The zero-order valence-corrected chi connectivity index (χ0v) is 17.1. The summed E-state index contributed by atoms with van der Waals surface area (Å²) >= 11 is 0. The maximum Gasteiger partial charge on any atom is 0.144 e. The number of aromatic nitrogens is 3. The molecule has 0 saturated carbocycles. The van der Waals surface area contributed by atoms with Gasteiger partial charge in [-0.15, -0.1) is 0 Å². The van der Waals surface area contributed by atoms with Gasteiger partial charge in [-0.1, -0.05) is 74.5 Å². The first kappa shape index (κ1) is 17.7. The van der Waals surface area contributed by atoms with Gasteiger partial charge in [0, 0.05) is 41.3 Å². The van der Waals surface area contributed by atoms with E-state index in [4.69, 9.17) is 4.98 Å². The van der Waals surface area contributed by atoms with Crippen molar-refractivity contribution < 1.29 is 0 Å². The van der Waals surface area contributed by atoms with Crippen molar-refractivity contribution in [2.24, 2.45) is 13.0 Å². The van der Waals surface area contributed by atoms with E-state index in [1.54, 1.807) is 0 Å². The van der Waals surface area contributed by atoms with Gasteiger partial charge in [0.1, 0.15) is 5.82 Å². The van der Waals surface area contributed by atoms with Crippen LogP contribution in [-0.2, 0) is 13.5 Å². The van der Waals surface area contributed by atoms with Crippen LogP contribution in [-0.4, -0.2) is 14.1 Å². The van der Waals surface area contributed by atoms with Crippen molar-refractivity contribution >= 4 is 21.8 Å². The average Bonchev–Trinajstić information content (AvgIpc) is 3.32. The fraction of sp³-hybridized carbons (Fsp3) is 0.192. The number of fused-ring (bicyclic) bond motifs is 3. The van der Waals surface area contributed by atoms with E-state index in [1.807, 2.05) is 12.3 Å². The third-order valence-corrected chi connectivity index (χ3v) is 5.67. The molecule has 144 valence electrons. The van der Waals surface area contributed by atoms with Crippen LogP contribution in [0.2, 0.25) is 0 Å². The van der Waals surface area contributed by atoms with Gasteiger partial charge < -0.3 is 4.57 Å². The van der Waals surface area contributed by atoms with Gasteiger partial charge in [0.05, 0.1) is 11.2 Å². The van der Waals surface area contributed by atoms with Crippen molar-refractivity contribution in [2.45, 2.75) is 20.3 Å². The largest absolute Gasteiger partial charge is 0.342 e. The van der Waals surface area contributed by atoms with Crippen LogP contribution in [0.5, 0.6) is 0 Å². The van der Waals surface area contributed by atoms with Gasteiger partial charge in [-0.2, -0.15) is 0 Å². The van der Waals surface area contributed by atoms with Crippen LogP contribution >= 0.6 is 0 Å². The summed E-state index contributed by atoms with van der Waals surface area (Å²) < 4.78 is 4.60. The molecule has 0 amide bonds. The quantitative estimate of drug-likeness (QED) is 0.355. The number of nitrogens with zero attached hydrogens (tertiary/aromatic N) is 3. The predicted octanol–water partition coefficient (Wildman–Crippen LogP) is 6.38. The molecule has 0 fully saturated rings. The predicted molar refractivity (Wildman–Crippen MR) is 122 cm³/mol. The minimum absolute atomic E-state index is 0.574. The second-order valence-corrected chi connectivity index (χ2v) is 8.13. The summed E-state index contributed by atoms with van der Waals surface area (Å²) in [4.78, 5) is 4.73. The summed E-state index contributed by atoms with van der Waals surface area (Å²) in [6.07, 6.45) is 5.03. The highest BCUT2D eigenvalue weighted by atomic mass is 15.1. The molecule has 2 heterocycles. The van der Waals surface area contributed by atoms with Crippen molar-refractivity contribution in [2.75, 3.05) is 0 Å². The number of hydrogen-bond acceptors (Lipinski definition) is 1. The molecule has 3 nitrogen and oxygen atoms in total. The number of rotatable bonds is 4. The molecule has 2 aromatic heterocycles. The summed E-state index contributed by atoms with van der Waals surface area (Å²) in [6, 6.07) is 23.7. The zero-order valence-electron chi connectivity index (χ0n) is 17.1. The molecule has 0 atom stereocenters. The molecule has 29 heavy (non-hydrogen) atoms. The summed E-state index contributed by atoms with van der Waals surface area (Å²) in [5.41, 5.74) is 6.25. The molecule has 0 saturated heterocycles. The SMILES string of the molecule is CC(C)Cc1ccc2c3ccccc3n(C)c2c1-n1ccnc1-c1ccccc1. The van der Waals surface area contributed by atoms with E-state index in [0.717, 1.165) is 17.8 Å². The number of aryl methyl sites for hydroxylation is 1. The number of imidazole rings is 1. The Morgan fingerprint density at radius 2 is 1.62 bits per heavy atom. The topological polar surface area (TPSA) is 22.8 Å². The molecule has 3 heteroatoms. The van der Waals surface area contributed by atoms with E-state index in [9.17, 15) is 0 Å². The van der Waals surface area contributed by atoms with E-state index in [1.165, 1.54) is 33.1 Å². The molecular weight excluding hydrogens is 354 g/mol. The van der Waals surface area contributed by atoms with Crippen LogP contribution in [0, 0.1) is 5.92 Å². The summed E-state index contributed by atoms with van der Waals surface area (Å²) in [6.45, 7) is 4.56. The van der Waals surface area contributed by atoms with Crippen molar-refractivity contribution in [3.05, 3.63) is 84.7 Å². The van der Waals surface area contributed by atoms with E-state index in [0.29, 0.717) is 5.92 Å². The molecule has 5 rings (SSSR count). The van der Waals surface area contributed by atoms with E-state index in [2.05, 4.69) is 96.9 Å². The molecule has 0 unspecified atom stereocenters. The maximum absolute atomic E-state index is 4.73. The summed E-state index contributed by atoms with van der Waals surface area (Å²) in [5, 5.41) is 2.59. The normalized spacial score (nSPS) is 11.7. The van der Waals surface area contributed by atoms with Crippen molar-refractivity contribution in [3.63, 3.8) is 0 Å². The Kier molecular flexibility index (Phi) is 4.24. The van der Waals surface area contributed by atoms with Crippen molar-refractivity contribution in [1.82, 2.24) is 14.1 Å². The number of para-hydroxylation sites is 1. The molecule has 3 aromatic carbocycles. The zero-order chi connectivity index (χ0) is 20.0. The number of benzene rings is 3. The van der Waals surface area contributed by atoms with Crippen molar-refractivity contribution in [1.29, 1.82) is 0 Å². The molecule has 0 bridgehead atoms. The van der Waals surface area contributed by atoms with Gasteiger partial charge in [0.15, 0.2) is 0 Å².